The van der Waals surface area contributed by atoms with Crippen LogP contribution in [0.1, 0.15) is 55.6 Å². The first-order chi connectivity index (χ1) is 20.8. The number of carboxylic acids is 2. The highest BCUT2D eigenvalue weighted by molar-refractivity contribution is 5.89. The third-order valence-corrected chi connectivity index (χ3v) is 9.29. The van der Waals surface area contributed by atoms with E-state index in [0.29, 0.717) is 26.1 Å². The SMILES string of the molecule is Cc1ccc(CC2CO2)c(CC(=O)O)c1C1(c2c(C)ccc(CC3CO3)c2CC(=O)O)c2ccccc2-c2ccccc21. The van der Waals surface area contributed by atoms with Crippen LogP contribution in [-0.2, 0) is 50.2 Å². The van der Waals surface area contributed by atoms with Gasteiger partial charge in [-0.15, -0.1) is 0 Å². The molecule has 0 amide bonds. The average molecular weight is 575 g/mol. The van der Waals surface area contributed by atoms with Gasteiger partial charge >= 0.3 is 11.9 Å². The lowest BCUT2D eigenvalue weighted by Gasteiger charge is -2.40. The van der Waals surface area contributed by atoms with Crippen LogP contribution in [0.25, 0.3) is 11.1 Å². The lowest BCUT2D eigenvalue weighted by Crippen LogP contribution is -2.35. The van der Waals surface area contributed by atoms with Crippen LogP contribution >= 0.6 is 0 Å². The molecule has 2 N–H and O–H groups in total. The maximum Gasteiger partial charge on any atom is 0.307 e. The van der Waals surface area contributed by atoms with Crippen molar-refractivity contribution in [3.63, 3.8) is 0 Å². The second kappa shape index (κ2) is 10.5. The summed E-state index contributed by atoms with van der Waals surface area (Å²) >= 11 is 0. The van der Waals surface area contributed by atoms with E-state index in [1.165, 1.54) is 0 Å². The molecule has 2 aliphatic heterocycles. The molecule has 0 radical (unpaired) electrons. The number of ether oxygens (including phenoxy) is 2. The summed E-state index contributed by atoms with van der Waals surface area (Å²) in [6, 6.07) is 24.9. The highest BCUT2D eigenvalue weighted by atomic mass is 16.6. The van der Waals surface area contributed by atoms with E-state index in [1.54, 1.807) is 0 Å². The Morgan fingerprint density at radius 3 is 1.44 bits per heavy atom. The zero-order chi connectivity index (χ0) is 29.9. The Labute approximate surface area is 250 Å². The summed E-state index contributed by atoms with van der Waals surface area (Å²) in [7, 11) is 0. The van der Waals surface area contributed by atoms with Gasteiger partial charge in [-0.3, -0.25) is 9.59 Å². The Balaban J connectivity index is 1.67. The average Bonchev–Trinajstić information content (AvgIpc) is 3.92. The smallest absolute Gasteiger partial charge is 0.307 e. The molecule has 2 fully saturated rings. The molecule has 7 rings (SSSR count). The largest absolute Gasteiger partial charge is 0.481 e. The van der Waals surface area contributed by atoms with Gasteiger partial charge in [-0.25, -0.2) is 0 Å². The minimum absolute atomic E-state index is 0.0772. The van der Waals surface area contributed by atoms with Gasteiger partial charge in [-0.05, 0) is 80.6 Å². The Hall–Kier alpha value is -4.26. The van der Waals surface area contributed by atoms with Gasteiger partial charge in [0.05, 0.1) is 43.7 Å². The number of hydrogen-bond donors (Lipinski definition) is 2. The van der Waals surface area contributed by atoms with Crippen molar-refractivity contribution in [1.82, 2.24) is 0 Å². The molecule has 2 atom stereocenters. The van der Waals surface area contributed by atoms with Crippen LogP contribution in [0, 0.1) is 13.8 Å². The molecule has 6 nitrogen and oxygen atoms in total. The van der Waals surface area contributed by atoms with E-state index in [9.17, 15) is 19.8 Å². The van der Waals surface area contributed by atoms with Gasteiger partial charge in [0, 0.05) is 12.8 Å². The molecule has 43 heavy (non-hydrogen) atoms. The van der Waals surface area contributed by atoms with Gasteiger partial charge in [-0.2, -0.15) is 0 Å². The molecule has 2 saturated heterocycles. The molecule has 218 valence electrons. The lowest BCUT2D eigenvalue weighted by molar-refractivity contribution is -0.137. The first-order valence-electron chi connectivity index (χ1n) is 14.9. The topological polar surface area (TPSA) is 99.7 Å². The zero-order valence-corrected chi connectivity index (χ0v) is 24.4. The number of rotatable bonds is 10. The fraction of sp³-hybridized carbons (Fsp3) is 0.297. The fourth-order valence-corrected chi connectivity index (χ4v) is 7.51. The van der Waals surface area contributed by atoms with Gasteiger partial charge in [0.25, 0.3) is 0 Å². The minimum atomic E-state index is -0.933. The van der Waals surface area contributed by atoms with Crippen LogP contribution in [0.2, 0.25) is 0 Å². The lowest BCUT2D eigenvalue weighted by atomic mass is 9.61. The summed E-state index contributed by atoms with van der Waals surface area (Å²) in [6.07, 6.45) is 1.13. The second-order valence-corrected chi connectivity index (χ2v) is 12.1. The van der Waals surface area contributed by atoms with Gasteiger partial charge in [0.1, 0.15) is 0 Å². The van der Waals surface area contributed by atoms with Crippen molar-refractivity contribution in [3.8, 4) is 11.1 Å². The number of benzene rings is 4. The Morgan fingerprint density at radius 2 is 1.07 bits per heavy atom. The van der Waals surface area contributed by atoms with Gasteiger partial charge in [0.15, 0.2) is 0 Å². The van der Waals surface area contributed by atoms with Crippen molar-refractivity contribution in [2.24, 2.45) is 0 Å². The highest BCUT2D eigenvalue weighted by Gasteiger charge is 2.50. The van der Waals surface area contributed by atoms with Crippen molar-refractivity contribution < 1.29 is 29.3 Å². The summed E-state index contributed by atoms with van der Waals surface area (Å²) in [5, 5.41) is 20.6. The van der Waals surface area contributed by atoms with Crippen molar-refractivity contribution in [2.75, 3.05) is 13.2 Å². The normalized spacial score (nSPS) is 19.0. The van der Waals surface area contributed by atoms with Crippen LogP contribution in [0.5, 0.6) is 0 Å². The molecule has 3 aliphatic rings. The molecule has 2 heterocycles. The van der Waals surface area contributed by atoms with E-state index in [4.69, 9.17) is 9.47 Å². The van der Waals surface area contributed by atoms with Crippen LogP contribution in [0.4, 0.5) is 0 Å². The van der Waals surface area contributed by atoms with E-state index in [0.717, 1.165) is 66.8 Å². The van der Waals surface area contributed by atoms with Crippen LogP contribution in [-0.4, -0.2) is 47.6 Å². The highest BCUT2D eigenvalue weighted by Crippen LogP contribution is 2.59. The first kappa shape index (κ1) is 27.6. The van der Waals surface area contributed by atoms with Gasteiger partial charge in [0.2, 0.25) is 0 Å². The van der Waals surface area contributed by atoms with Crippen LogP contribution < -0.4 is 0 Å². The maximum atomic E-state index is 12.6. The molecule has 1 aliphatic carbocycles. The Morgan fingerprint density at radius 1 is 0.674 bits per heavy atom. The van der Waals surface area contributed by atoms with Gasteiger partial charge in [-0.1, -0.05) is 72.8 Å². The number of aliphatic carboxylic acids is 2. The van der Waals surface area contributed by atoms with Crippen molar-refractivity contribution in [3.05, 3.63) is 128 Å². The molecule has 0 saturated carbocycles. The second-order valence-electron chi connectivity index (χ2n) is 12.1. The Bertz CT molecular complexity index is 1650. The Kier molecular flexibility index (Phi) is 6.71. The number of carboxylic acid groups (broad SMARTS) is 2. The van der Waals surface area contributed by atoms with E-state index >= 15 is 0 Å². The zero-order valence-electron chi connectivity index (χ0n) is 24.4. The van der Waals surface area contributed by atoms with E-state index in [1.807, 2.05) is 36.4 Å². The van der Waals surface area contributed by atoms with E-state index in [-0.39, 0.29) is 25.0 Å². The molecule has 0 spiro atoms. The predicted octanol–water partition coefficient (Wildman–Crippen LogP) is 5.80. The summed E-state index contributed by atoms with van der Waals surface area (Å²) in [6.45, 7) is 5.44. The molecule has 0 bridgehead atoms. The summed E-state index contributed by atoms with van der Waals surface area (Å²) in [4.78, 5) is 25.1. The number of fused-ring (bicyclic) bond motifs is 3. The summed E-state index contributed by atoms with van der Waals surface area (Å²) in [5.74, 6) is -1.80. The molecule has 0 aromatic heterocycles. The summed E-state index contributed by atoms with van der Waals surface area (Å²) < 4.78 is 11.2. The third-order valence-electron chi connectivity index (χ3n) is 9.29. The van der Waals surface area contributed by atoms with Crippen molar-refractivity contribution in [2.45, 2.75) is 57.2 Å². The quantitative estimate of drug-likeness (QED) is 0.205. The molecule has 2 unspecified atom stereocenters. The minimum Gasteiger partial charge on any atom is -0.481 e. The predicted molar refractivity (Wildman–Crippen MR) is 163 cm³/mol. The van der Waals surface area contributed by atoms with Crippen LogP contribution in [0.3, 0.4) is 0 Å². The molecular weight excluding hydrogens is 540 g/mol. The number of aryl methyl sites for hydroxylation is 2. The van der Waals surface area contributed by atoms with E-state index < -0.39 is 17.4 Å². The molecule has 6 heteroatoms. The number of hydrogen-bond acceptors (Lipinski definition) is 4. The van der Waals surface area contributed by atoms with Crippen molar-refractivity contribution >= 4 is 11.9 Å². The molecular formula is C37H34O6. The number of epoxide rings is 2. The fourth-order valence-electron chi connectivity index (χ4n) is 7.51. The van der Waals surface area contributed by atoms with E-state index in [2.05, 4.69) is 50.2 Å². The van der Waals surface area contributed by atoms with Crippen LogP contribution in [0.15, 0.2) is 72.8 Å². The molecule has 4 aromatic rings. The third kappa shape index (κ3) is 4.66. The standard InChI is InChI=1S/C37H34O6/c1-21-11-13-23(15-25-19-42-25)29(17-33(38)39)35(21)37(31-9-5-3-7-27(31)28-8-4-6-10-32(28)37)36-22(2)12-14-24(16-26-20-43-26)30(36)18-34(40)41/h3-14,25-26H,15-20H2,1-2H3,(H,38,39)(H,40,41). The molecule has 4 aromatic carbocycles. The number of carbonyl (C=O) groups is 2. The first-order valence-corrected chi connectivity index (χ1v) is 14.9. The summed E-state index contributed by atoms with van der Waals surface area (Å²) in [5.41, 5.74) is 10.6. The van der Waals surface area contributed by atoms with Gasteiger partial charge < -0.3 is 19.7 Å². The monoisotopic (exact) mass is 574 g/mol. The van der Waals surface area contributed by atoms with Crippen molar-refractivity contribution in [1.29, 1.82) is 0 Å². The maximum absolute atomic E-state index is 12.6.